The molecule has 0 rings (SSSR count). The number of unbranched alkanes of at least 4 members (excludes halogenated alkanes) is 1. The van der Waals surface area contributed by atoms with Gasteiger partial charge in [-0.05, 0) is 19.8 Å². The first-order valence-corrected chi connectivity index (χ1v) is 7.96. The lowest BCUT2D eigenvalue weighted by Crippen LogP contribution is -2.46. The predicted octanol–water partition coefficient (Wildman–Crippen LogP) is 2.41. The molecule has 0 fully saturated rings. The number of ether oxygens (including phenoxy) is 2. The monoisotopic (exact) mass is 366 g/mol. The van der Waals surface area contributed by atoms with Crippen molar-refractivity contribution < 1.29 is 44.8 Å². The van der Waals surface area contributed by atoms with Gasteiger partial charge in [-0.2, -0.15) is 26.0 Å². The number of rotatable bonds is 11. The van der Waals surface area contributed by atoms with E-state index in [0.717, 1.165) is 0 Å². The van der Waals surface area contributed by atoms with Crippen LogP contribution in [-0.2, 0) is 24.4 Å². The largest absolute Gasteiger partial charge is 0.463 e. The standard InChI is InChI=1S/C12H18F4O6S/c1-3-22-10(17)9(2)8-21-7-5-4-6-11(13,14)12(15,16)23(18,19)20/h2-8H2,1H3,(H,18,19,20). The van der Waals surface area contributed by atoms with Gasteiger partial charge in [0.05, 0.1) is 18.8 Å². The zero-order valence-corrected chi connectivity index (χ0v) is 13.2. The van der Waals surface area contributed by atoms with Gasteiger partial charge in [-0.25, -0.2) is 4.79 Å². The molecule has 0 spiro atoms. The molecule has 0 aliphatic heterocycles. The maximum Gasteiger partial charge on any atom is 0.431 e. The van der Waals surface area contributed by atoms with Crippen LogP contribution >= 0.6 is 0 Å². The summed E-state index contributed by atoms with van der Waals surface area (Å²) in [5.74, 6) is -5.58. The minimum atomic E-state index is -6.21. The molecule has 0 saturated carbocycles. The van der Waals surface area contributed by atoms with Gasteiger partial charge in [0.1, 0.15) is 0 Å². The van der Waals surface area contributed by atoms with Gasteiger partial charge in [-0.3, -0.25) is 4.55 Å². The number of hydrogen-bond donors (Lipinski definition) is 1. The van der Waals surface area contributed by atoms with E-state index in [1.165, 1.54) is 0 Å². The van der Waals surface area contributed by atoms with Gasteiger partial charge in [0.15, 0.2) is 0 Å². The molecule has 0 bridgehead atoms. The highest BCUT2D eigenvalue weighted by molar-refractivity contribution is 7.87. The number of carbonyl (C=O) groups is 1. The Morgan fingerprint density at radius 2 is 1.78 bits per heavy atom. The van der Waals surface area contributed by atoms with Gasteiger partial charge in [0, 0.05) is 13.0 Å². The topological polar surface area (TPSA) is 89.9 Å². The molecule has 0 saturated heterocycles. The van der Waals surface area contributed by atoms with E-state index >= 15 is 0 Å². The molecule has 0 aliphatic rings. The van der Waals surface area contributed by atoms with E-state index in [1.54, 1.807) is 6.92 Å². The second-order valence-electron chi connectivity index (χ2n) is 4.53. The lowest BCUT2D eigenvalue weighted by molar-refractivity contribution is -0.165. The first-order chi connectivity index (χ1) is 10.4. The minimum absolute atomic E-state index is 0.00934. The first-order valence-electron chi connectivity index (χ1n) is 6.52. The van der Waals surface area contributed by atoms with Crippen LogP contribution in [0.3, 0.4) is 0 Å². The average molecular weight is 366 g/mol. The van der Waals surface area contributed by atoms with Crippen LogP contribution in [0.15, 0.2) is 12.2 Å². The van der Waals surface area contributed by atoms with E-state index in [1.807, 2.05) is 0 Å². The van der Waals surface area contributed by atoms with Crippen LogP contribution in [0.1, 0.15) is 26.2 Å². The molecule has 0 heterocycles. The molecule has 0 aromatic carbocycles. The quantitative estimate of drug-likeness (QED) is 0.199. The van der Waals surface area contributed by atoms with Crippen molar-refractivity contribution in [3.63, 3.8) is 0 Å². The van der Waals surface area contributed by atoms with E-state index in [0.29, 0.717) is 0 Å². The fourth-order valence-electron chi connectivity index (χ4n) is 1.37. The van der Waals surface area contributed by atoms with Gasteiger partial charge in [0.2, 0.25) is 0 Å². The molecular weight excluding hydrogens is 348 g/mol. The van der Waals surface area contributed by atoms with E-state index in [-0.39, 0.29) is 31.8 Å². The third-order valence-electron chi connectivity index (χ3n) is 2.62. The molecule has 1 N–H and O–H groups in total. The highest BCUT2D eigenvalue weighted by Gasteiger charge is 2.64. The van der Waals surface area contributed by atoms with Crippen molar-refractivity contribution in [2.45, 2.75) is 37.4 Å². The van der Waals surface area contributed by atoms with Crippen molar-refractivity contribution in [2.75, 3.05) is 19.8 Å². The second kappa shape index (κ2) is 8.60. The third kappa shape index (κ3) is 6.43. The Kier molecular flexibility index (Phi) is 8.15. The van der Waals surface area contributed by atoms with Crippen LogP contribution in [0.5, 0.6) is 0 Å². The van der Waals surface area contributed by atoms with Crippen molar-refractivity contribution in [3.8, 4) is 0 Å². The van der Waals surface area contributed by atoms with Gasteiger partial charge in [-0.15, -0.1) is 0 Å². The highest BCUT2D eigenvalue weighted by atomic mass is 32.2. The van der Waals surface area contributed by atoms with Crippen molar-refractivity contribution in [2.24, 2.45) is 0 Å². The Morgan fingerprint density at radius 1 is 1.22 bits per heavy atom. The third-order valence-corrected chi connectivity index (χ3v) is 3.57. The Hall–Kier alpha value is -1.20. The van der Waals surface area contributed by atoms with Crippen LogP contribution in [0.4, 0.5) is 17.6 Å². The van der Waals surface area contributed by atoms with E-state index in [2.05, 4.69) is 11.3 Å². The normalized spacial score (nSPS) is 13.0. The van der Waals surface area contributed by atoms with Crippen LogP contribution in [0.2, 0.25) is 0 Å². The van der Waals surface area contributed by atoms with E-state index < -0.39 is 40.1 Å². The maximum absolute atomic E-state index is 13.1. The molecular formula is C12H18F4O6S. The summed E-state index contributed by atoms with van der Waals surface area (Å²) in [6.45, 7) is 4.77. The zero-order chi connectivity index (χ0) is 18.3. The summed E-state index contributed by atoms with van der Waals surface area (Å²) in [4.78, 5) is 11.1. The molecule has 0 radical (unpaired) electrons. The van der Waals surface area contributed by atoms with Crippen LogP contribution in [0.25, 0.3) is 0 Å². The van der Waals surface area contributed by atoms with Crippen molar-refractivity contribution in [1.29, 1.82) is 0 Å². The number of hydrogen-bond acceptors (Lipinski definition) is 5. The summed E-state index contributed by atoms with van der Waals surface area (Å²) < 4.78 is 90.2. The Balaban J connectivity index is 4.14. The number of alkyl halides is 4. The highest BCUT2D eigenvalue weighted by Crippen LogP contribution is 2.41. The number of esters is 1. The minimum Gasteiger partial charge on any atom is -0.463 e. The first kappa shape index (κ1) is 21.8. The Morgan fingerprint density at radius 3 is 2.26 bits per heavy atom. The number of carbonyl (C=O) groups excluding carboxylic acids is 1. The molecule has 11 heteroatoms. The smallest absolute Gasteiger partial charge is 0.431 e. The van der Waals surface area contributed by atoms with E-state index in [4.69, 9.17) is 9.29 Å². The molecule has 136 valence electrons. The Bertz CT molecular complexity index is 518. The summed E-state index contributed by atoms with van der Waals surface area (Å²) in [7, 11) is -6.21. The SMILES string of the molecule is C=C(COCCCCC(F)(F)C(F)(F)S(=O)(=O)O)C(=O)OCC. The van der Waals surface area contributed by atoms with Gasteiger partial charge in [0.25, 0.3) is 0 Å². The molecule has 23 heavy (non-hydrogen) atoms. The zero-order valence-electron chi connectivity index (χ0n) is 12.4. The number of halogens is 4. The molecule has 0 amide bonds. The Labute approximate surface area is 131 Å². The summed E-state index contributed by atoms with van der Waals surface area (Å²) in [6, 6.07) is 0. The molecule has 0 aliphatic carbocycles. The molecule has 0 unspecified atom stereocenters. The van der Waals surface area contributed by atoms with E-state index in [9.17, 15) is 30.8 Å². The van der Waals surface area contributed by atoms with Crippen LogP contribution in [0, 0.1) is 0 Å². The predicted molar refractivity (Wildman–Crippen MR) is 71.9 cm³/mol. The van der Waals surface area contributed by atoms with Crippen molar-refractivity contribution in [1.82, 2.24) is 0 Å². The van der Waals surface area contributed by atoms with Gasteiger partial charge in [-0.1, -0.05) is 6.58 Å². The van der Waals surface area contributed by atoms with Crippen LogP contribution < -0.4 is 0 Å². The summed E-state index contributed by atoms with van der Waals surface area (Å²) >= 11 is 0. The molecule has 0 aromatic heterocycles. The fourth-order valence-corrected chi connectivity index (χ4v) is 1.85. The fraction of sp³-hybridized carbons (Fsp3) is 0.750. The molecule has 0 aromatic rings. The molecule has 0 atom stereocenters. The summed E-state index contributed by atoms with van der Waals surface area (Å²) in [6.07, 6.45) is -2.03. The van der Waals surface area contributed by atoms with Crippen molar-refractivity contribution in [3.05, 3.63) is 12.2 Å². The lowest BCUT2D eigenvalue weighted by Gasteiger charge is -2.23. The molecule has 6 nitrogen and oxygen atoms in total. The lowest BCUT2D eigenvalue weighted by atomic mass is 10.1. The van der Waals surface area contributed by atoms with Crippen molar-refractivity contribution >= 4 is 16.1 Å². The van der Waals surface area contributed by atoms with Gasteiger partial charge >= 0.3 is 27.3 Å². The maximum atomic E-state index is 13.1. The van der Waals surface area contributed by atoms with Crippen LogP contribution in [-0.4, -0.2) is 49.9 Å². The average Bonchev–Trinajstić information content (AvgIpc) is 2.41. The summed E-state index contributed by atoms with van der Waals surface area (Å²) in [5, 5.41) is -5.56. The summed E-state index contributed by atoms with van der Waals surface area (Å²) in [5.41, 5.74) is 0.00934. The second-order valence-corrected chi connectivity index (χ2v) is 5.99. The van der Waals surface area contributed by atoms with Gasteiger partial charge < -0.3 is 9.47 Å².